The highest BCUT2D eigenvalue weighted by Crippen LogP contribution is 2.19. The third kappa shape index (κ3) is 5.09. The van der Waals surface area contributed by atoms with Gasteiger partial charge < -0.3 is 14.6 Å². The Bertz CT molecular complexity index is 1160. The largest absolute Gasteiger partial charge is 0.471 e. The molecule has 0 radical (unpaired) electrons. The zero-order valence-corrected chi connectivity index (χ0v) is 18.6. The molecule has 0 bridgehead atoms. The van der Waals surface area contributed by atoms with Crippen LogP contribution < -0.4 is 10.1 Å². The van der Waals surface area contributed by atoms with Crippen molar-refractivity contribution in [1.29, 1.82) is 0 Å². The molecule has 1 atom stereocenters. The number of amides is 1. The monoisotopic (exact) mass is 428 g/mol. The molecule has 1 N–H and O–H groups in total. The van der Waals surface area contributed by atoms with Crippen molar-refractivity contribution >= 4 is 5.91 Å². The summed E-state index contributed by atoms with van der Waals surface area (Å²) in [5.41, 5.74) is 3.70. The molecule has 1 unspecified atom stereocenters. The first-order valence-corrected chi connectivity index (χ1v) is 10.8. The lowest BCUT2D eigenvalue weighted by atomic mass is 10.0. The zero-order valence-electron chi connectivity index (χ0n) is 18.6. The van der Waals surface area contributed by atoms with E-state index in [1.807, 2.05) is 66.3 Å². The minimum atomic E-state index is -0.219. The first kappa shape index (κ1) is 21.4. The number of carbonyl (C=O) groups is 1. The van der Waals surface area contributed by atoms with E-state index in [9.17, 15) is 4.79 Å². The fourth-order valence-electron chi connectivity index (χ4n) is 3.46. The number of nitrogens with zero attached hydrogens (tertiary/aromatic N) is 3. The maximum Gasteiger partial charge on any atom is 0.272 e. The Hall–Kier alpha value is -3.80. The van der Waals surface area contributed by atoms with E-state index >= 15 is 0 Å². The minimum Gasteiger partial charge on any atom is -0.471 e. The molecule has 2 aromatic heterocycles. The van der Waals surface area contributed by atoms with Crippen molar-refractivity contribution in [3.8, 4) is 11.4 Å². The van der Waals surface area contributed by atoms with Crippen LogP contribution in [0.4, 0.5) is 0 Å². The van der Waals surface area contributed by atoms with Gasteiger partial charge in [-0.1, -0.05) is 38.1 Å². The molecule has 2 aromatic carbocycles. The van der Waals surface area contributed by atoms with E-state index in [1.165, 1.54) is 5.56 Å². The normalized spacial score (nSPS) is 12.0. The van der Waals surface area contributed by atoms with Crippen molar-refractivity contribution in [2.75, 3.05) is 0 Å². The smallest absolute Gasteiger partial charge is 0.272 e. The minimum absolute atomic E-state index is 0.154. The molecule has 0 aliphatic heterocycles. The van der Waals surface area contributed by atoms with Crippen LogP contribution in [0.5, 0.6) is 5.75 Å². The fraction of sp³-hybridized carbons (Fsp3) is 0.231. The number of hydrogen-bond acceptors (Lipinski definition) is 3. The van der Waals surface area contributed by atoms with Crippen molar-refractivity contribution in [1.82, 2.24) is 19.7 Å². The summed E-state index contributed by atoms with van der Waals surface area (Å²) in [7, 11) is 0. The molecule has 6 nitrogen and oxygen atoms in total. The van der Waals surface area contributed by atoms with Crippen LogP contribution >= 0.6 is 0 Å². The molecule has 6 heteroatoms. The lowest BCUT2D eigenvalue weighted by molar-refractivity contribution is 0.0932. The van der Waals surface area contributed by atoms with Gasteiger partial charge in [0.15, 0.2) is 6.73 Å². The van der Waals surface area contributed by atoms with Crippen LogP contribution in [0.3, 0.4) is 0 Å². The summed E-state index contributed by atoms with van der Waals surface area (Å²) in [6, 6.07) is 21.7. The van der Waals surface area contributed by atoms with Crippen LogP contribution in [0, 0.1) is 0 Å². The van der Waals surface area contributed by atoms with Gasteiger partial charge in [0.2, 0.25) is 0 Å². The number of aromatic nitrogens is 3. The Morgan fingerprint density at radius 2 is 1.69 bits per heavy atom. The Kier molecular flexibility index (Phi) is 6.40. The fourth-order valence-corrected chi connectivity index (χ4v) is 3.46. The molecular formula is C26H28N4O2. The Morgan fingerprint density at radius 1 is 0.938 bits per heavy atom. The Balaban J connectivity index is 1.35. The average molecular weight is 429 g/mol. The summed E-state index contributed by atoms with van der Waals surface area (Å²) in [5.74, 6) is 1.03. The molecule has 4 rings (SSSR count). The summed E-state index contributed by atoms with van der Waals surface area (Å²) in [5, 5.41) is 7.38. The second-order valence-corrected chi connectivity index (χ2v) is 8.12. The Labute approximate surface area is 188 Å². The Morgan fingerprint density at radius 3 is 2.41 bits per heavy atom. The second kappa shape index (κ2) is 9.56. The molecule has 0 saturated carbocycles. The van der Waals surface area contributed by atoms with Gasteiger partial charge in [0.25, 0.3) is 5.91 Å². The predicted octanol–water partition coefficient (Wildman–Crippen LogP) is 5.32. The highest BCUT2D eigenvalue weighted by Gasteiger charge is 2.14. The van der Waals surface area contributed by atoms with Crippen LogP contribution in [0.2, 0.25) is 0 Å². The van der Waals surface area contributed by atoms with Gasteiger partial charge >= 0.3 is 0 Å². The molecule has 4 aromatic rings. The van der Waals surface area contributed by atoms with Gasteiger partial charge in [-0.2, -0.15) is 5.10 Å². The SMILES string of the molecule is CC(C)c1ccc(OCn2ccc(C(=O)NC(C)c3cccc(-n4cccc4)c3)n2)cc1. The topological polar surface area (TPSA) is 61.1 Å². The number of hydrogen-bond donors (Lipinski definition) is 1. The molecule has 32 heavy (non-hydrogen) atoms. The summed E-state index contributed by atoms with van der Waals surface area (Å²) in [6.07, 6.45) is 5.74. The first-order valence-electron chi connectivity index (χ1n) is 10.8. The molecule has 1 amide bonds. The van der Waals surface area contributed by atoms with Crippen molar-refractivity contribution in [2.45, 2.75) is 39.5 Å². The lowest BCUT2D eigenvalue weighted by Gasteiger charge is -2.15. The van der Waals surface area contributed by atoms with Gasteiger partial charge in [-0.25, -0.2) is 4.68 Å². The maximum atomic E-state index is 12.7. The summed E-state index contributed by atoms with van der Waals surface area (Å²) >= 11 is 0. The van der Waals surface area contributed by atoms with Crippen LogP contribution in [0.15, 0.2) is 85.3 Å². The molecular weight excluding hydrogens is 400 g/mol. The first-order chi connectivity index (χ1) is 15.5. The van der Waals surface area contributed by atoms with E-state index in [-0.39, 0.29) is 18.7 Å². The number of benzene rings is 2. The van der Waals surface area contributed by atoms with E-state index in [0.29, 0.717) is 11.6 Å². The van der Waals surface area contributed by atoms with Crippen LogP contribution in [0.1, 0.15) is 54.3 Å². The summed E-state index contributed by atoms with van der Waals surface area (Å²) < 4.78 is 9.44. The van der Waals surface area contributed by atoms with Crippen molar-refractivity contribution in [3.63, 3.8) is 0 Å². The third-order valence-electron chi connectivity index (χ3n) is 5.40. The predicted molar refractivity (Wildman–Crippen MR) is 125 cm³/mol. The molecule has 2 heterocycles. The van der Waals surface area contributed by atoms with Crippen molar-refractivity contribution in [2.24, 2.45) is 0 Å². The maximum absolute atomic E-state index is 12.7. The lowest BCUT2D eigenvalue weighted by Crippen LogP contribution is -2.27. The van der Waals surface area contributed by atoms with Gasteiger partial charge in [-0.05, 0) is 66.4 Å². The van der Waals surface area contributed by atoms with Crippen LogP contribution in [-0.2, 0) is 6.73 Å². The molecule has 0 aliphatic rings. The number of ether oxygens (including phenoxy) is 1. The van der Waals surface area contributed by atoms with Gasteiger partial charge in [0.1, 0.15) is 11.4 Å². The standard InChI is InChI=1S/C26H28N4O2/c1-19(2)21-9-11-24(12-10-21)32-18-30-16-13-25(28-30)26(31)27-20(3)22-7-6-8-23(17-22)29-14-4-5-15-29/h4-17,19-20H,18H2,1-3H3,(H,27,31). The van der Waals surface area contributed by atoms with Gasteiger partial charge in [-0.15, -0.1) is 0 Å². The van der Waals surface area contributed by atoms with E-state index in [2.05, 4.69) is 42.5 Å². The second-order valence-electron chi connectivity index (χ2n) is 8.12. The molecule has 164 valence electrons. The average Bonchev–Trinajstić information content (AvgIpc) is 3.50. The quantitative estimate of drug-likeness (QED) is 0.413. The van der Waals surface area contributed by atoms with E-state index in [0.717, 1.165) is 17.0 Å². The van der Waals surface area contributed by atoms with Gasteiger partial charge in [0, 0.05) is 24.3 Å². The summed E-state index contributed by atoms with van der Waals surface area (Å²) in [6.45, 7) is 6.52. The number of carbonyl (C=O) groups excluding carboxylic acids is 1. The van der Waals surface area contributed by atoms with Crippen LogP contribution in [0.25, 0.3) is 5.69 Å². The van der Waals surface area contributed by atoms with Crippen molar-refractivity contribution < 1.29 is 9.53 Å². The molecule has 0 spiro atoms. The highest BCUT2D eigenvalue weighted by atomic mass is 16.5. The molecule has 0 fully saturated rings. The van der Waals surface area contributed by atoms with E-state index in [4.69, 9.17) is 4.74 Å². The highest BCUT2D eigenvalue weighted by molar-refractivity contribution is 5.92. The zero-order chi connectivity index (χ0) is 22.5. The van der Waals surface area contributed by atoms with Crippen molar-refractivity contribution in [3.05, 3.63) is 102 Å². The summed E-state index contributed by atoms with van der Waals surface area (Å²) in [4.78, 5) is 12.7. The molecule has 0 saturated heterocycles. The third-order valence-corrected chi connectivity index (χ3v) is 5.40. The molecule has 0 aliphatic carbocycles. The van der Waals surface area contributed by atoms with E-state index < -0.39 is 0 Å². The van der Waals surface area contributed by atoms with E-state index in [1.54, 1.807) is 16.9 Å². The van der Waals surface area contributed by atoms with Gasteiger partial charge in [-0.3, -0.25) is 4.79 Å². The van der Waals surface area contributed by atoms with Gasteiger partial charge in [0.05, 0.1) is 6.04 Å². The number of nitrogens with one attached hydrogen (secondary N) is 1. The number of rotatable bonds is 8. The van der Waals surface area contributed by atoms with Crippen LogP contribution in [-0.4, -0.2) is 20.3 Å².